The molecule has 10 heteroatoms. The third kappa shape index (κ3) is 7.75. The smallest absolute Gasteiger partial charge is 0.209 e. The lowest BCUT2D eigenvalue weighted by atomic mass is 9.78. The number of hydrogen-bond acceptors (Lipinski definition) is 5. The fourth-order valence-electron chi connectivity index (χ4n) is 3.15. The molecule has 2 aromatic carbocycles. The van der Waals surface area contributed by atoms with Crippen molar-refractivity contribution < 1.29 is 22.7 Å². The molecule has 0 heterocycles. The molecular weight excluding hydrogens is 521 g/mol. The van der Waals surface area contributed by atoms with Crippen LogP contribution in [0, 0.1) is 0 Å². The average molecular weight is 551 g/mol. The summed E-state index contributed by atoms with van der Waals surface area (Å²) < 4.78 is 36.2. The highest BCUT2D eigenvalue weighted by atomic mass is 35.5. The molecule has 0 saturated heterocycles. The van der Waals surface area contributed by atoms with E-state index in [-0.39, 0.29) is 12.3 Å². The van der Waals surface area contributed by atoms with Gasteiger partial charge in [-0.2, -0.15) is 0 Å². The Bertz CT molecular complexity index is 1090. The van der Waals surface area contributed by atoms with Gasteiger partial charge >= 0.3 is 0 Å². The predicted molar refractivity (Wildman–Crippen MR) is 138 cm³/mol. The number of sulfonamides is 1. The fourth-order valence-corrected chi connectivity index (χ4v) is 4.25. The van der Waals surface area contributed by atoms with Gasteiger partial charge in [0, 0.05) is 11.3 Å². The summed E-state index contributed by atoms with van der Waals surface area (Å²) in [6.45, 7) is 7.36. The summed E-state index contributed by atoms with van der Waals surface area (Å²) in [6.07, 6.45) is 1.68. The summed E-state index contributed by atoms with van der Waals surface area (Å²) in [5.74, 6) is 1.02. The minimum atomic E-state index is -3.47. The van der Waals surface area contributed by atoms with Crippen LogP contribution >= 0.6 is 34.8 Å². The third-order valence-corrected chi connectivity index (χ3v) is 6.86. The number of halogens is 3. The van der Waals surface area contributed by atoms with Gasteiger partial charge in [-0.1, -0.05) is 49.2 Å². The van der Waals surface area contributed by atoms with E-state index in [1.54, 1.807) is 26.0 Å². The second-order valence-corrected chi connectivity index (χ2v) is 12.0. The Balaban J connectivity index is 2.19. The van der Waals surface area contributed by atoms with Crippen molar-refractivity contribution in [2.24, 2.45) is 0 Å². The van der Waals surface area contributed by atoms with E-state index in [0.717, 1.165) is 17.4 Å². The Kier molecular flexibility index (Phi) is 9.70. The molecule has 2 rings (SSSR count). The van der Waals surface area contributed by atoms with Crippen LogP contribution in [0.15, 0.2) is 36.4 Å². The lowest BCUT2D eigenvalue weighted by Gasteiger charge is -2.28. The van der Waals surface area contributed by atoms with Crippen molar-refractivity contribution in [3.8, 4) is 11.5 Å². The van der Waals surface area contributed by atoms with Crippen LogP contribution in [0.4, 0.5) is 0 Å². The molecule has 188 valence electrons. The predicted octanol–water partition coefficient (Wildman–Crippen LogP) is 5.60. The molecule has 0 atom stereocenters. The van der Waals surface area contributed by atoms with Gasteiger partial charge in [0.1, 0.15) is 5.75 Å². The Morgan fingerprint density at radius 3 is 2.06 bits per heavy atom. The summed E-state index contributed by atoms with van der Waals surface area (Å²) in [5, 5.41) is 0.848. The summed E-state index contributed by atoms with van der Waals surface area (Å²) in [4.78, 5) is 12.4. The lowest BCUT2D eigenvalue weighted by Crippen LogP contribution is -2.44. The number of benzene rings is 2. The molecule has 6 nitrogen and oxygen atoms in total. The van der Waals surface area contributed by atoms with Gasteiger partial charge in [-0.25, -0.2) is 13.1 Å². The van der Waals surface area contributed by atoms with Gasteiger partial charge in [-0.3, -0.25) is 4.79 Å². The van der Waals surface area contributed by atoms with Gasteiger partial charge < -0.3 is 9.47 Å². The van der Waals surface area contributed by atoms with E-state index in [2.05, 4.69) is 4.72 Å². The maximum Gasteiger partial charge on any atom is 0.209 e. The first-order chi connectivity index (χ1) is 15.7. The summed E-state index contributed by atoms with van der Waals surface area (Å²) in [6, 6.07) is 11.0. The van der Waals surface area contributed by atoms with E-state index in [4.69, 9.17) is 44.3 Å². The van der Waals surface area contributed by atoms with Gasteiger partial charge in [0.15, 0.2) is 17.1 Å². The Hall–Kier alpha value is -1.51. The first-order valence-electron chi connectivity index (χ1n) is 10.6. The third-order valence-electron chi connectivity index (χ3n) is 5.36. The molecule has 1 N–H and O–H groups in total. The molecule has 0 aromatic heterocycles. The minimum absolute atomic E-state index is 0.343. The Morgan fingerprint density at radius 1 is 1.00 bits per heavy atom. The van der Waals surface area contributed by atoms with Crippen LogP contribution in [0.25, 0.3) is 0 Å². The van der Waals surface area contributed by atoms with Crippen molar-refractivity contribution in [2.75, 3.05) is 25.3 Å². The van der Waals surface area contributed by atoms with Gasteiger partial charge in [-0.15, -0.1) is 11.6 Å². The number of ketones is 1. The standard InChI is InChI=1S/C24H30Cl3NO5S/c1-23(2,17-13-19(26)22(20(27)14-17)32-12-6-11-25)16-7-9-18(10-8-16)33-24(3,4)21(29)15-28-34(5,30)31/h7-10,13-14,28H,6,11-12,15H2,1-5H3. The number of ether oxygens (including phenoxy) is 2. The van der Waals surface area contributed by atoms with Crippen LogP contribution in [0.1, 0.15) is 45.2 Å². The van der Waals surface area contributed by atoms with Crippen molar-refractivity contribution in [3.63, 3.8) is 0 Å². The number of rotatable bonds is 12. The van der Waals surface area contributed by atoms with Crippen LogP contribution in [0.3, 0.4) is 0 Å². The molecule has 0 bridgehead atoms. The largest absolute Gasteiger partial charge is 0.490 e. The number of hydrogen-bond donors (Lipinski definition) is 1. The van der Waals surface area contributed by atoms with Crippen molar-refractivity contribution in [1.29, 1.82) is 0 Å². The fraction of sp³-hybridized carbons (Fsp3) is 0.458. The van der Waals surface area contributed by atoms with Crippen LogP contribution in [-0.4, -0.2) is 45.1 Å². The zero-order valence-electron chi connectivity index (χ0n) is 19.9. The molecule has 0 radical (unpaired) electrons. The van der Waals surface area contributed by atoms with Gasteiger partial charge in [-0.05, 0) is 55.7 Å². The van der Waals surface area contributed by atoms with Crippen LogP contribution in [0.2, 0.25) is 10.0 Å². The number of carbonyl (C=O) groups is 1. The summed E-state index contributed by atoms with van der Waals surface area (Å²) in [7, 11) is -3.47. The average Bonchev–Trinajstić information content (AvgIpc) is 2.73. The van der Waals surface area contributed by atoms with Crippen LogP contribution < -0.4 is 14.2 Å². The highest BCUT2D eigenvalue weighted by Crippen LogP contribution is 2.40. The van der Waals surface area contributed by atoms with Gasteiger partial charge in [0.2, 0.25) is 10.0 Å². The lowest BCUT2D eigenvalue weighted by molar-refractivity contribution is -0.130. The monoisotopic (exact) mass is 549 g/mol. The van der Waals surface area contributed by atoms with E-state index in [0.29, 0.717) is 40.5 Å². The molecule has 0 aliphatic rings. The van der Waals surface area contributed by atoms with Crippen molar-refractivity contribution in [1.82, 2.24) is 4.72 Å². The minimum Gasteiger partial charge on any atom is -0.490 e. The van der Waals surface area contributed by atoms with E-state index < -0.39 is 21.0 Å². The molecular formula is C24H30Cl3NO5S. The second-order valence-electron chi connectivity index (χ2n) is 8.94. The zero-order chi connectivity index (χ0) is 25.7. The quantitative estimate of drug-likeness (QED) is 0.275. The highest BCUT2D eigenvalue weighted by molar-refractivity contribution is 7.88. The topological polar surface area (TPSA) is 81.7 Å². The van der Waals surface area contributed by atoms with E-state index in [1.165, 1.54) is 0 Å². The Morgan fingerprint density at radius 2 is 1.56 bits per heavy atom. The molecule has 0 amide bonds. The van der Waals surface area contributed by atoms with Crippen molar-refractivity contribution in [2.45, 2.75) is 45.1 Å². The Labute approximate surface area is 216 Å². The maximum absolute atomic E-state index is 12.4. The van der Waals surface area contributed by atoms with Crippen LogP contribution in [-0.2, 0) is 20.2 Å². The van der Waals surface area contributed by atoms with Crippen molar-refractivity contribution >= 4 is 50.6 Å². The SMILES string of the molecule is CC(C)(Oc1ccc(C(C)(C)c2cc(Cl)c(OCCCCl)c(Cl)c2)cc1)C(=O)CNS(C)(=O)=O. The first kappa shape index (κ1) is 28.7. The molecule has 0 unspecified atom stereocenters. The van der Waals surface area contributed by atoms with E-state index in [9.17, 15) is 13.2 Å². The number of alkyl halides is 1. The molecule has 0 aliphatic heterocycles. The van der Waals surface area contributed by atoms with E-state index >= 15 is 0 Å². The summed E-state index contributed by atoms with van der Waals surface area (Å²) >= 11 is 18.6. The normalized spacial score (nSPS) is 12.5. The summed E-state index contributed by atoms with van der Waals surface area (Å²) in [5.41, 5.74) is 0.231. The molecule has 0 aliphatic carbocycles. The number of Topliss-reactive ketones (excluding diaryl/α,β-unsaturated/α-hetero) is 1. The maximum atomic E-state index is 12.4. The van der Waals surface area contributed by atoms with Crippen LogP contribution in [0.5, 0.6) is 11.5 Å². The molecule has 0 fully saturated rings. The molecule has 0 saturated carbocycles. The van der Waals surface area contributed by atoms with E-state index in [1.807, 2.05) is 38.1 Å². The highest BCUT2D eigenvalue weighted by Gasteiger charge is 2.31. The second kappa shape index (κ2) is 11.5. The first-order valence-corrected chi connectivity index (χ1v) is 13.8. The van der Waals surface area contributed by atoms with Crippen molar-refractivity contribution in [3.05, 3.63) is 57.6 Å². The molecule has 34 heavy (non-hydrogen) atoms. The number of carbonyl (C=O) groups excluding carboxylic acids is 1. The van der Waals surface area contributed by atoms with Gasteiger partial charge in [0.25, 0.3) is 0 Å². The molecule has 0 spiro atoms. The number of nitrogens with one attached hydrogen (secondary N) is 1. The van der Waals surface area contributed by atoms with Gasteiger partial charge in [0.05, 0.1) is 29.5 Å². The molecule has 2 aromatic rings. The zero-order valence-corrected chi connectivity index (χ0v) is 23.0.